The molecule has 0 radical (unpaired) electrons. The predicted octanol–water partition coefficient (Wildman–Crippen LogP) is 3.91. The lowest BCUT2D eigenvalue weighted by Gasteiger charge is -2.12. The maximum atomic E-state index is 12.9. The Morgan fingerprint density at radius 3 is 2.56 bits per heavy atom. The lowest BCUT2D eigenvalue weighted by molar-refractivity contribution is -0.112. The maximum absolute atomic E-state index is 12.9. The molecule has 2 aromatic carbocycles. The van der Waals surface area contributed by atoms with Gasteiger partial charge < -0.3 is 0 Å². The fraction of sp³-hybridized carbons (Fsp3) is 0. The molecule has 1 amide bonds. The van der Waals surface area contributed by atoms with Crippen LogP contribution in [0.5, 0.6) is 0 Å². The molecule has 0 unspecified atom stereocenters. The zero-order chi connectivity index (χ0) is 18.6. The van der Waals surface area contributed by atoms with E-state index in [-0.39, 0.29) is 5.56 Å². The van der Waals surface area contributed by atoms with Crippen molar-refractivity contribution < 1.29 is 4.79 Å². The number of nitrogens with one attached hydrogen (secondary N) is 1. The first-order chi connectivity index (χ1) is 13.2. The summed E-state index contributed by atoms with van der Waals surface area (Å²) in [6, 6.07) is 20.3. The number of amides is 1. The van der Waals surface area contributed by atoms with Crippen molar-refractivity contribution in [2.45, 2.75) is 0 Å². The number of carbonyl (C=O) groups excluding carboxylic acids is 1. The van der Waals surface area contributed by atoms with E-state index in [0.29, 0.717) is 16.7 Å². The third-order valence-electron chi connectivity index (χ3n) is 3.97. The molecule has 0 aliphatic carbocycles. The Morgan fingerprint density at radius 2 is 1.78 bits per heavy atom. The van der Waals surface area contributed by atoms with Gasteiger partial charge in [-0.3, -0.25) is 15.0 Å². The van der Waals surface area contributed by atoms with Crippen LogP contribution in [0, 0.1) is 0 Å². The molecule has 1 N–H and O–H groups in total. The molecule has 27 heavy (non-hydrogen) atoms. The van der Waals surface area contributed by atoms with Crippen molar-refractivity contribution in [3.05, 3.63) is 94.1 Å². The minimum Gasteiger partial charge on any atom is -0.268 e. The Labute approximate surface area is 159 Å². The predicted molar refractivity (Wildman–Crippen MR) is 109 cm³/mol. The fourth-order valence-electron chi connectivity index (χ4n) is 2.69. The number of fused-ring (bicyclic) bond motifs is 1. The zero-order valence-corrected chi connectivity index (χ0v) is 15.0. The van der Waals surface area contributed by atoms with Crippen molar-refractivity contribution >= 4 is 34.2 Å². The highest BCUT2D eigenvalue weighted by Gasteiger charge is 2.14. The van der Waals surface area contributed by atoms with E-state index in [9.17, 15) is 9.59 Å². The SMILES string of the molecule is O=C(/C=C/c1ccccc1)Nn1c(-c2cccs2)nc2ccccc2c1=O. The van der Waals surface area contributed by atoms with E-state index in [1.165, 1.54) is 22.1 Å². The van der Waals surface area contributed by atoms with Gasteiger partial charge in [0.25, 0.3) is 11.5 Å². The largest absolute Gasteiger partial charge is 0.280 e. The summed E-state index contributed by atoms with van der Waals surface area (Å²) >= 11 is 1.45. The molecule has 0 aliphatic heterocycles. The van der Waals surface area contributed by atoms with Crippen LogP contribution >= 0.6 is 11.3 Å². The van der Waals surface area contributed by atoms with Gasteiger partial charge in [0, 0.05) is 6.08 Å². The number of thiophene rings is 1. The number of benzene rings is 2. The van der Waals surface area contributed by atoms with Crippen LogP contribution < -0.4 is 11.0 Å². The van der Waals surface area contributed by atoms with E-state index < -0.39 is 5.91 Å². The molecule has 0 spiro atoms. The first-order valence-corrected chi connectivity index (χ1v) is 9.20. The molecule has 6 heteroatoms. The van der Waals surface area contributed by atoms with Crippen molar-refractivity contribution in [2.75, 3.05) is 5.43 Å². The Balaban J connectivity index is 1.75. The van der Waals surface area contributed by atoms with Crippen LogP contribution in [0.3, 0.4) is 0 Å². The molecular weight excluding hydrogens is 358 g/mol. The first-order valence-electron chi connectivity index (χ1n) is 8.32. The number of hydrogen-bond donors (Lipinski definition) is 1. The third-order valence-corrected chi connectivity index (χ3v) is 4.83. The van der Waals surface area contributed by atoms with Gasteiger partial charge in [-0.1, -0.05) is 48.5 Å². The van der Waals surface area contributed by atoms with E-state index >= 15 is 0 Å². The van der Waals surface area contributed by atoms with Crippen LogP contribution in [0.1, 0.15) is 5.56 Å². The van der Waals surface area contributed by atoms with Crippen LogP contribution in [-0.4, -0.2) is 15.6 Å². The van der Waals surface area contributed by atoms with Crippen molar-refractivity contribution in [1.82, 2.24) is 9.66 Å². The van der Waals surface area contributed by atoms with E-state index in [4.69, 9.17) is 0 Å². The van der Waals surface area contributed by atoms with Crippen LogP contribution in [-0.2, 0) is 4.79 Å². The average Bonchev–Trinajstić information content (AvgIpc) is 3.24. The first kappa shape index (κ1) is 16.9. The van der Waals surface area contributed by atoms with E-state index in [2.05, 4.69) is 10.4 Å². The van der Waals surface area contributed by atoms with E-state index in [0.717, 1.165) is 10.4 Å². The van der Waals surface area contributed by atoms with E-state index in [1.807, 2.05) is 53.9 Å². The summed E-state index contributed by atoms with van der Waals surface area (Å²) in [7, 11) is 0. The Morgan fingerprint density at radius 1 is 1.00 bits per heavy atom. The van der Waals surface area contributed by atoms with Crippen molar-refractivity contribution in [3.8, 4) is 10.7 Å². The van der Waals surface area contributed by atoms with Crippen molar-refractivity contribution in [3.63, 3.8) is 0 Å². The Kier molecular flexibility index (Phi) is 4.63. The molecular formula is C21H15N3O2S. The Hall–Kier alpha value is -3.51. The van der Waals surface area contributed by atoms with E-state index in [1.54, 1.807) is 24.3 Å². The molecule has 0 saturated carbocycles. The summed E-state index contributed by atoms with van der Waals surface area (Å²) in [5.74, 6) is 0.00556. The van der Waals surface area contributed by atoms with Crippen molar-refractivity contribution in [1.29, 1.82) is 0 Å². The summed E-state index contributed by atoms with van der Waals surface area (Å²) in [4.78, 5) is 30.7. The molecule has 132 valence electrons. The van der Waals surface area contributed by atoms with Gasteiger partial charge in [0.15, 0.2) is 5.82 Å². The molecule has 2 heterocycles. The van der Waals surface area contributed by atoms with Gasteiger partial charge in [0.2, 0.25) is 0 Å². The van der Waals surface area contributed by atoms with Gasteiger partial charge in [-0.05, 0) is 35.2 Å². The number of hydrogen-bond acceptors (Lipinski definition) is 4. The smallest absolute Gasteiger partial charge is 0.268 e. The summed E-state index contributed by atoms with van der Waals surface area (Å²) in [5.41, 5.74) is 3.83. The summed E-state index contributed by atoms with van der Waals surface area (Å²) < 4.78 is 1.21. The van der Waals surface area contributed by atoms with Crippen LogP contribution in [0.4, 0.5) is 0 Å². The maximum Gasteiger partial charge on any atom is 0.280 e. The molecule has 2 aromatic heterocycles. The highest BCUT2D eigenvalue weighted by molar-refractivity contribution is 7.13. The second-order valence-corrected chi connectivity index (χ2v) is 6.74. The number of para-hydroxylation sites is 1. The molecule has 0 saturated heterocycles. The zero-order valence-electron chi connectivity index (χ0n) is 14.2. The lowest BCUT2D eigenvalue weighted by Crippen LogP contribution is -2.34. The minimum absolute atomic E-state index is 0.314. The number of aromatic nitrogens is 2. The number of carbonyl (C=O) groups is 1. The van der Waals surface area contributed by atoms with Gasteiger partial charge in [-0.25, -0.2) is 4.98 Å². The average molecular weight is 373 g/mol. The van der Waals surface area contributed by atoms with Gasteiger partial charge in [-0.15, -0.1) is 11.3 Å². The van der Waals surface area contributed by atoms with Crippen LogP contribution in [0.2, 0.25) is 0 Å². The topological polar surface area (TPSA) is 64.0 Å². The lowest BCUT2D eigenvalue weighted by atomic mass is 10.2. The molecule has 5 nitrogen and oxygen atoms in total. The van der Waals surface area contributed by atoms with Crippen LogP contribution in [0.25, 0.3) is 27.7 Å². The molecule has 0 bridgehead atoms. The third kappa shape index (κ3) is 3.56. The molecule has 0 atom stereocenters. The van der Waals surface area contributed by atoms with Crippen molar-refractivity contribution in [2.24, 2.45) is 0 Å². The second kappa shape index (κ2) is 7.39. The summed E-state index contributed by atoms with van der Waals surface area (Å²) in [6.07, 6.45) is 3.09. The number of nitrogens with zero attached hydrogens (tertiary/aromatic N) is 2. The monoisotopic (exact) mass is 373 g/mol. The van der Waals surface area contributed by atoms with Gasteiger partial charge in [-0.2, -0.15) is 4.68 Å². The molecule has 4 aromatic rings. The highest BCUT2D eigenvalue weighted by atomic mass is 32.1. The van der Waals surface area contributed by atoms with Crippen LogP contribution in [0.15, 0.2) is 83.0 Å². The molecule has 4 rings (SSSR count). The summed E-state index contributed by atoms with van der Waals surface area (Å²) in [5, 5.41) is 2.35. The van der Waals surface area contributed by atoms with Gasteiger partial charge in [0.1, 0.15) is 0 Å². The van der Waals surface area contributed by atoms with Gasteiger partial charge >= 0.3 is 0 Å². The normalized spacial score (nSPS) is 11.1. The summed E-state index contributed by atoms with van der Waals surface area (Å²) in [6.45, 7) is 0. The van der Waals surface area contributed by atoms with Gasteiger partial charge in [0.05, 0.1) is 15.8 Å². The minimum atomic E-state index is -0.407. The fourth-order valence-corrected chi connectivity index (χ4v) is 3.39. The molecule has 0 fully saturated rings. The standard InChI is InChI=1S/C21H15N3O2S/c25-19(13-12-15-7-2-1-3-8-15)23-24-20(18-11-6-14-27-18)22-17-10-5-4-9-16(17)21(24)26/h1-14H,(H,23,25)/b13-12+. The second-order valence-electron chi connectivity index (χ2n) is 5.79. The highest BCUT2D eigenvalue weighted by Crippen LogP contribution is 2.23. The molecule has 0 aliphatic rings. The Bertz CT molecular complexity index is 1180. The quantitative estimate of drug-likeness (QED) is 0.552. The number of rotatable bonds is 4.